The van der Waals surface area contributed by atoms with Gasteiger partial charge in [0.15, 0.2) is 0 Å². The highest BCUT2D eigenvalue weighted by atomic mass is 32.1. The summed E-state index contributed by atoms with van der Waals surface area (Å²) in [6, 6.07) is 0. The van der Waals surface area contributed by atoms with Crippen LogP contribution >= 0.6 is 0 Å². The largest absolute Gasteiger partial charge is 0.500 e. The Bertz CT molecular complexity index is 271. The number of aliphatic imine (C=N–C) groups is 1. The highest BCUT2D eigenvalue weighted by Gasteiger charge is 2.23. The van der Waals surface area contributed by atoms with Gasteiger partial charge in [0.2, 0.25) is 0 Å². The Morgan fingerprint density at radius 3 is 2.92 bits per heavy atom. The van der Waals surface area contributed by atoms with Crippen molar-refractivity contribution in [3.8, 4) is 0 Å². The summed E-state index contributed by atoms with van der Waals surface area (Å²) in [5.74, 6) is 1.75. The maximum atomic E-state index is 10.4. The minimum Gasteiger partial charge on any atom is -0.500 e. The van der Waals surface area contributed by atoms with Gasteiger partial charge in [-0.05, 0) is 6.92 Å². The summed E-state index contributed by atoms with van der Waals surface area (Å²) in [5, 5.41) is 0. The van der Waals surface area contributed by atoms with Crippen molar-refractivity contribution in [2.75, 3.05) is 19.4 Å². The summed E-state index contributed by atoms with van der Waals surface area (Å²) in [5.41, 5.74) is 1.92. The van der Waals surface area contributed by atoms with Crippen molar-refractivity contribution in [3.05, 3.63) is 11.3 Å². The Morgan fingerprint density at radius 2 is 2.38 bits per heavy atom. The SMILES string of the molecule is COC1=C(C)C(C[S+]=O)=NCC1C. The lowest BCUT2D eigenvalue weighted by molar-refractivity contribution is 0.245. The molecule has 1 heterocycles. The fourth-order valence-corrected chi connectivity index (χ4v) is 1.94. The number of allylic oxidation sites excluding steroid dienone is 1. The van der Waals surface area contributed by atoms with E-state index in [-0.39, 0.29) is 0 Å². The second-order valence-corrected chi connectivity index (χ2v) is 3.67. The van der Waals surface area contributed by atoms with Gasteiger partial charge in [0, 0.05) is 22.2 Å². The number of dihydropyridines is 1. The van der Waals surface area contributed by atoms with E-state index in [1.165, 1.54) is 0 Å². The summed E-state index contributed by atoms with van der Waals surface area (Å²) in [6.45, 7) is 4.77. The number of ether oxygens (including phenoxy) is 1. The minimum absolute atomic E-state index is 0.338. The molecule has 3 nitrogen and oxygen atoms in total. The lowest BCUT2D eigenvalue weighted by Gasteiger charge is -2.20. The number of nitrogens with zero attached hydrogens (tertiary/aromatic N) is 1. The lowest BCUT2D eigenvalue weighted by Crippen LogP contribution is -2.20. The molecule has 4 heteroatoms. The molecule has 0 aromatic carbocycles. The first kappa shape index (κ1) is 10.3. The maximum absolute atomic E-state index is 10.4. The van der Waals surface area contributed by atoms with E-state index in [2.05, 4.69) is 11.9 Å². The van der Waals surface area contributed by atoms with Crippen LogP contribution in [0.3, 0.4) is 0 Å². The van der Waals surface area contributed by atoms with Gasteiger partial charge in [-0.15, -0.1) is 0 Å². The average molecular weight is 200 g/mol. The highest BCUT2D eigenvalue weighted by Crippen LogP contribution is 2.22. The van der Waals surface area contributed by atoms with Crippen LogP contribution in [0.4, 0.5) is 0 Å². The molecule has 0 bridgehead atoms. The van der Waals surface area contributed by atoms with Gasteiger partial charge in [-0.3, -0.25) is 4.99 Å². The fourth-order valence-electron chi connectivity index (χ4n) is 1.52. The molecule has 0 aromatic rings. The average Bonchev–Trinajstić information content (AvgIpc) is 2.11. The summed E-state index contributed by atoms with van der Waals surface area (Å²) in [6.07, 6.45) is 0. The van der Waals surface area contributed by atoms with Crippen LogP contribution in [-0.4, -0.2) is 25.1 Å². The second-order valence-electron chi connectivity index (χ2n) is 3.14. The van der Waals surface area contributed by atoms with Crippen molar-refractivity contribution in [1.29, 1.82) is 0 Å². The van der Waals surface area contributed by atoms with E-state index < -0.39 is 0 Å². The smallest absolute Gasteiger partial charge is 0.465 e. The Hall–Kier alpha value is -0.770. The first-order chi connectivity index (χ1) is 6.20. The third-order valence-electron chi connectivity index (χ3n) is 2.22. The quantitative estimate of drug-likeness (QED) is 0.646. The van der Waals surface area contributed by atoms with Crippen LogP contribution in [0, 0.1) is 5.92 Å². The number of hydrogen-bond donors (Lipinski definition) is 0. The number of rotatable bonds is 3. The molecule has 1 atom stereocenters. The van der Waals surface area contributed by atoms with E-state index >= 15 is 0 Å². The zero-order valence-corrected chi connectivity index (χ0v) is 8.98. The third kappa shape index (κ3) is 2.12. The molecule has 1 aliphatic heterocycles. The van der Waals surface area contributed by atoms with E-state index in [9.17, 15) is 4.21 Å². The van der Waals surface area contributed by atoms with Crippen LogP contribution < -0.4 is 0 Å². The summed E-state index contributed by atoms with van der Waals surface area (Å²) >= 11 is 0.555. The molecule has 1 unspecified atom stereocenters. The summed E-state index contributed by atoms with van der Waals surface area (Å²) < 4.78 is 15.7. The lowest BCUT2D eigenvalue weighted by atomic mass is 9.99. The molecule has 0 amide bonds. The van der Waals surface area contributed by atoms with E-state index in [4.69, 9.17) is 4.74 Å². The van der Waals surface area contributed by atoms with Crippen LogP contribution in [-0.2, 0) is 20.6 Å². The molecule has 0 spiro atoms. The Labute approximate surface area is 82.4 Å². The molecule has 0 aromatic heterocycles. The van der Waals surface area contributed by atoms with Crippen molar-refractivity contribution >= 4 is 17.4 Å². The van der Waals surface area contributed by atoms with Crippen molar-refractivity contribution in [1.82, 2.24) is 0 Å². The zero-order chi connectivity index (χ0) is 9.84. The topological polar surface area (TPSA) is 38.7 Å². The second kappa shape index (κ2) is 4.46. The Morgan fingerprint density at radius 1 is 1.69 bits per heavy atom. The van der Waals surface area contributed by atoms with E-state index in [1.807, 2.05) is 6.92 Å². The normalized spacial score (nSPS) is 22.7. The van der Waals surface area contributed by atoms with Crippen LogP contribution in [0.5, 0.6) is 0 Å². The van der Waals surface area contributed by atoms with Gasteiger partial charge < -0.3 is 4.74 Å². The van der Waals surface area contributed by atoms with Crippen molar-refractivity contribution in [2.45, 2.75) is 13.8 Å². The van der Waals surface area contributed by atoms with Crippen molar-refractivity contribution in [3.63, 3.8) is 0 Å². The molecular formula is C9H14NO2S+. The first-order valence-electron chi connectivity index (χ1n) is 4.24. The Kier molecular flexibility index (Phi) is 3.54. The molecule has 0 N–H and O–H groups in total. The zero-order valence-electron chi connectivity index (χ0n) is 8.16. The van der Waals surface area contributed by atoms with E-state index in [0.29, 0.717) is 23.3 Å². The van der Waals surface area contributed by atoms with Gasteiger partial charge in [0.25, 0.3) is 5.75 Å². The number of methoxy groups -OCH3 is 1. The van der Waals surface area contributed by atoms with E-state index in [1.54, 1.807) is 7.11 Å². The maximum Gasteiger partial charge on any atom is 0.465 e. The standard InChI is InChI=1S/C9H14NO2S/c1-6-4-10-8(5-13-11)7(2)9(6)12-3/h6H,4-5H2,1-3H3/q+1. The van der Waals surface area contributed by atoms with Crippen LogP contribution in [0.25, 0.3) is 0 Å². The molecular weight excluding hydrogens is 186 g/mol. The van der Waals surface area contributed by atoms with Gasteiger partial charge in [0.1, 0.15) is 11.5 Å². The predicted octanol–water partition coefficient (Wildman–Crippen LogP) is 1.43. The molecule has 0 fully saturated rings. The molecule has 0 radical (unpaired) electrons. The Balaban J connectivity index is 2.91. The molecule has 13 heavy (non-hydrogen) atoms. The first-order valence-corrected chi connectivity index (χ1v) is 5.15. The van der Waals surface area contributed by atoms with Crippen LogP contribution in [0.1, 0.15) is 13.8 Å². The van der Waals surface area contributed by atoms with Gasteiger partial charge >= 0.3 is 11.7 Å². The van der Waals surface area contributed by atoms with Crippen LogP contribution in [0.2, 0.25) is 0 Å². The molecule has 0 aliphatic carbocycles. The van der Waals surface area contributed by atoms with Gasteiger partial charge in [-0.2, -0.15) is 0 Å². The number of hydrogen-bond acceptors (Lipinski definition) is 3. The molecule has 72 valence electrons. The molecule has 1 rings (SSSR count). The summed E-state index contributed by atoms with van der Waals surface area (Å²) in [7, 11) is 1.67. The van der Waals surface area contributed by atoms with Gasteiger partial charge in [-0.25, -0.2) is 0 Å². The highest BCUT2D eigenvalue weighted by molar-refractivity contribution is 7.66. The molecule has 0 saturated heterocycles. The third-order valence-corrected chi connectivity index (χ3v) is 2.61. The predicted molar refractivity (Wildman–Crippen MR) is 54.1 cm³/mol. The van der Waals surface area contributed by atoms with E-state index in [0.717, 1.165) is 23.6 Å². The molecule has 1 aliphatic rings. The monoisotopic (exact) mass is 200 g/mol. The fraction of sp³-hybridized carbons (Fsp3) is 0.667. The van der Waals surface area contributed by atoms with Crippen LogP contribution in [0.15, 0.2) is 16.3 Å². The summed E-state index contributed by atoms with van der Waals surface area (Å²) in [4.78, 5) is 4.34. The van der Waals surface area contributed by atoms with Gasteiger partial charge in [-0.1, -0.05) is 6.92 Å². The van der Waals surface area contributed by atoms with Crippen molar-refractivity contribution in [2.24, 2.45) is 10.9 Å². The minimum atomic E-state index is 0.338. The van der Waals surface area contributed by atoms with Gasteiger partial charge in [0.05, 0.1) is 7.11 Å². The van der Waals surface area contributed by atoms with Crippen molar-refractivity contribution < 1.29 is 8.95 Å². The molecule has 0 saturated carbocycles.